The van der Waals surface area contributed by atoms with Crippen molar-refractivity contribution in [1.29, 1.82) is 0 Å². The van der Waals surface area contributed by atoms with Crippen LogP contribution in [-0.2, 0) is 9.53 Å². The van der Waals surface area contributed by atoms with E-state index >= 15 is 0 Å². The van der Waals surface area contributed by atoms with E-state index < -0.39 is 24.4 Å². The Balaban J connectivity index is 4.01. The smallest absolute Gasteiger partial charge is 0.414 e. The van der Waals surface area contributed by atoms with Crippen LogP contribution in [0.25, 0.3) is 0 Å². The van der Waals surface area contributed by atoms with Crippen LogP contribution in [0.2, 0.25) is 0 Å². The molecule has 0 radical (unpaired) electrons. The third-order valence-corrected chi connectivity index (χ3v) is 1.22. The second kappa shape index (κ2) is 3.75. The van der Waals surface area contributed by atoms with Crippen molar-refractivity contribution < 1.29 is 27.8 Å². The zero-order valence-electron chi connectivity index (χ0n) is 6.55. The van der Waals surface area contributed by atoms with Crippen molar-refractivity contribution in [2.45, 2.75) is 32.2 Å². The fraction of sp³-hybridized carbons (Fsp3) is 0.833. The minimum Gasteiger partial charge on any atom is -0.479 e. The van der Waals surface area contributed by atoms with E-state index in [-0.39, 0.29) is 0 Å². The van der Waals surface area contributed by atoms with Gasteiger partial charge in [0.05, 0.1) is 0 Å². The van der Waals surface area contributed by atoms with Gasteiger partial charge >= 0.3 is 12.1 Å². The maximum absolute atomic E-state index is 11.8. The number of rotatable bonds is 3. The molecule has 0 fully saturated rings. The Morgan fingerprint density at radius 3 is 2.08 bits per heavy atom. The lowest BCUT2D eigenvalue weighted by molar-refractivity contribution is -0.226. The van der Waals surface area contributed by atoms with Gasteiger partial charge in [0.2, 0.25) is 0 Å². The standard InChI is InChI=1S/C6H9F3O3/c1-3(5(10)11)12-4(2)6(7,8)9/h3-4H,1-2H3,(H,10,11)/t3-,4?/m0/s1. The van der Waals surface area contributed by atoms with Gasteiger partial charge in [0.1, 0.15) is 0 Å². The molecule has 12 heavy (non-hydrogen) atoms. The topological polar surface area (TPSA) is 46.5 Å². The first kappa shape index (κ1) is 11.2. The fourth-order valence-electron chi connectivity index (χ4n) is 0.442. The van der Waals surface area contributed by atoms with E-state index in [4.69, 9.17) is 5.11 Å². The van der Waals surface area contributed by atoms with Crippen molar-refractivity contribution in [1.82, 2.24) is 0 Å². The van der Waals surface area contributed by atoms with Crippen LogP contribution < -0.4 is 0 Å². The Bertz CT molecular complexity index is 166. The highest BCUT2D eigenvalue weighted by molar-refractivity contribution is 5.71. The van der Waals surface area contributed by atoms with E-state index in [0.29, 0.717) is 0 Å². The maximum atomic E-state index is 11.8. The van der Waals surface area contributed by atoms with Crippen LogP contribution in [-0.4, -0.2) is 29.5 Å². The minimum atomic E-state index is -4.51. The van der Waals surface area contributed by atoms with Crippen LogP contribution in [0.15, 0.2) is 0 Å². The molecule has 0 bridgehead atoms. The molecular formula is C6H9F3O3. The average Bonchev–Trinajstić information content (AvgIpc) is 1.85. The highest BCUT2D eigenvalue weighted by Gasteiger charge is 2.38. The molecule has 0 aromatic heterocycles. The molecule has 0 rings (SSSR count). The van der Waals surface area contributed by atoms with Gasteiger partial charge in [-0.25, -0.2) is 4.79 Å². The summed E-state index contributed by atoms with van der Waals surface area (Å²) in [5, 5.41) is 8.20. The van der Waals surface area contributed by atoms with Crippen LogP contribution >= 0.6 is 0 Å². The molecule has 0 heterocycles. The molecule has 0 aromatic rings. The highest BCUT2D eigenvalue weighted by Crippen LogP contribution is 2.23. The van der Waals surface area contributed by atoms with Gasteiger partial charge < -0.3 is 9.84 Å². The zero-order valence-corrected chi connectivity index (χ0v) is 6.55. The summed E-state index contributed by atoms with van der Waals surface area (Å²) in [7, 11) is 0. The first-order valence-electron chi connectivity index (χ1n) is 3.20. The van der Waals surface area contributed by atoms with Crippen molar-refractivity contribution in [3.8, 4) is 0 Å². The van der Waals surface area contributed by atoms with Crippen molar-refractivity contribution >= 4 is 5.97 Å². The van der Waals surface area contributed by atoms with E-state index in [1.807, 2.05) is 0 Å². The summed E-state index contributed by atoms with van der Waals surface area (Å²) >= 11 is 0. The predicted molar refractivity (Wildman–Crippen MR) is 33.7 cm³/mol. The lowest BCUT2D eigenvalue weighted by Crippen LogP contribution is -2.34. The Kier molecular flexibility index (Phi) is 3.51. The number of aliphatic carboxylic acids is 1. The predicted octanol–water partition coefficient (Wildman–Crippen LogP) is 1.43. The number of alkyl halides is 3. The van der Waals surface area contributed by atoms with Gasteiger partial charge in [-0.2, -0.15) is 13.2 Å². The monoisotopic (exact) mass is 186 g/mol. The summed E-state index contributed by atoms with van der Waals surface area (Å²) < 4.78 is 39.4. The lowest BCUT2D eigenvalue weighted by atomic mass is 10.3. The highest BCUT2D eigenvalue weighted by atomic mass is 19.4. The van der Waals surface area contributed by atoms with Crippen LogP contribution in [0.1, 0.15) is 13.8 Å². The third kappa shape index (κ3) is 3.56. The lowest BCUT2D eigenvalue weighted by Gasteiger charge is -2.18. The molecule has 2 atom stereocenters. The quantitative estimate of drug-likeness (QED) is 0.725. The Hall–Kier alpha value is -0.780. The van der Waals surface area contributed by atoms with Gasteiger partial charge in [0, 0.05) is 0 Å². The molecule has 0 aromatic carbocycles. The molecule has 0 aliphatic rings. The summed E-state index contributed by atoms with van der Waals surface area (Å²) in [5.74, 6) is -1.41. The minimum absolute atomic E-state index is 0.763. The number of ether oxygens (including phenoxy) is 1. The third-order valence-electron chi connectivity index (χ3n) is 1.22. The van der Waals surface area contributed by atoms with E-state index in [1.54, 1.807) is 0 Å². The van der Waals surface area contributed by atoms with Gasteiger partial charge in [-0.05, 0) is 13.8 Å². The number of hydrogen-bond acceptors (Lipinski definition) is 2. The SMILES string of the molecule is CC(O[C@@H](C)C(=O)O)C(F)(F)F. The van der Waals surface area contributed by atoms with Crippen LogP contribution in [0, 0.1) is 0 Å². The van der Waals surface area contributed by atoms with Crippen molar-refractivity contribution in [2.75, 3.05) is 0 Å². The van der Waals surface area contributed by atoms with Crippen molar-refractivity contribution in [2.24, 2.45) is 0 Å². The van der Waals surface area contributed by atoms with Gasteiger partial charge in [-0.1, -0.05) is 0 Å². The molecule has 6 heteroatoms. The summed E-state index contributed by atoms with van der Waals surface area (Å²) in [5.41, 5.74) is 0. The Morgan fingerprint density at radius 2 is 1.83 bits per heavy atom. The van der Waals surface area contributed by atoms with E-state index in [0.717, 1.165) is 13.8 Å². The number of carbonyl (C=O) groups is 1. The molecular weight excluding hydrogens is 177 g/mol. The van der Waals surface area contributed by atoms with Gasteiger partial charge in [-0.3, -0.25) is 0 Å². The number of hydrogen-bond donors (Lipinski definition) is 1. The normalized spacial score (nSPS) is 17.1. The van der Waals surface area contributed by atoms with Crippen molar-refractivity contribution in [3.63, 3.8) is 0 Å². The van der Waals surface area contributed by atoms with Crippen LogP contribution in [0.4, 0.5) is 13.2 Å². The van der Waals surface area contributed by atoms with Gasteiger partial charge in [0.15, 0.2) is 12.2 Å². The Morgan fingerprint density at radius 1 is 1.42 bits per heavy atom. The molecule has 0 saturated carbocycles. The molecule has 3 nitrogen and oxygen atoms in total. The zero-order chi connectivity index (χ0) is 9.94. The van der Waals surface area contributed by atoms with E-state index in [1.165, 1.54) is 0 Å². The summed E-state index contributed by atoms with van der Waals surface area (Å²) in [4.78, 5) is 10.1. The molecule has 0 amide bonds. The van der Waals surface area contributed by atoms with Crippen LogP contribution in [0.3, 0.4) is 0 Å². The summed E-state index contributed by atoms with van der Waals surface area (Å²) in [6.45, 7) is 1.81. The molecule has 1 N–H and O–H groups in total. The first-order valence-corrected chi connectivity index (χ1v) is 3.20. The molecule has 0 spiro atoms. The molecule has 0 saturated heterocycles. The molecule has 0 aliphatic heterocycles. The average molecular weight is 186 g/mol. The fourth-order valence-corrected chi connectivity index (χ4v) is 0.442. The van der Waals surface area contributed by atoms with Gasteiger partial charge in [0.25, 0.3) is 0 Å². The number of carboxylic acids is 1. The van der Waals surface area contributed by atoms with Crippen molar-refractivity contribution in [3.05, 3.63) is 0 Å². The summed E-state index contributed by atoms with van der Waals surface area (Å²) in [6, 6.07) is 0. The molecule has 72 valence electrons. The van der Waals surface area contributed by atoms with Crippen LogP contribution in [0.5, 0.6) is 0 Å². The second-order valence-corrected chi connectivity index (χ2v) is 2.30. The van der Waals surface area contributed by atoms with E-state index in [2.05, 4.69) is 4.74 Å². The number of carboxylic acid groups (broad SMARTS) is 1. The maximum Gasteiger partial charge on any atom is 0.414 e. The largest absolute Gasteiger partial charge is 0.479 e. The second-order valence-electron chi connectivity index (χ2n) is 2.30. The summed E-state index contributed by atoms with van der Waals surface area (Å²) in [6.07, 6.45) is -8.01. The molecule has 1 unspecified atom stereocenters. The van der Waals surface area contributed by atoms with E-state index in [9.17, 15) is 18.0 Å². The van der Waals surface area contributed by atoms with Gasteiger partial charge in [-0.15, -0.1) is 0 Å². The first-order chi connectivity index (χ1) is 5.25. The number of halogens is 3. The Labute approximate surface area is 67.1 Å². The molecule has 0 aliphatic carbocycles.